The van der Waals surface area contributed by atoms with Gasteiger partial charge in [0.15, 0.2) is 0 Å². The number of ether oxygens (including phenoxy) is 1. The van der Waals surface area contributed by atoms with Crippen LogP contribution in [0.3, 0.4) is 0 Å². The Morgan fingerprint density at radius 1 is 1.37 bits per heavy atom. The van der Waals surface area contributed by atoms with Crippen LogP contribution in [0, 0.1) is 5.41 Å². The van der Waals surface area contributed by atoms with Crippen molar-refractivity contribution < 1.29 is 9.53 Å². The second-order valence-electron chi connectivity index (χ2n) is 5.90. The summed E-state index contributed by atoms with van der Waals surface area (Å²) in [7, 11) is 1.40. The number of pyridine rings is 1. The lowest BCUT2D eigenvalue weighted by molar-refractivity contribution is 0.0600. The molecule has 1 aliphatic rings. The number of hydrogen-bond acceptors (Lipinski definition) is 4. The van der Waals surface area contributed by atoms with Gasteiger partial charge in [-0.1, -0.05) is 13.8 Å². The molecular weight excluding hydrogens is 240 g/mol. The quantitative estimate of drug-likeness (QED) is 0.769. The van der Waals surface area contributed by atoms with Gasteiger partial charge in [0, 0.05) is 19.3 Å². The lowest BCUT2D eigenvalue weighted by atomic mass is 9.85. The van der Waals surface area contributed by atoms with Crippen LogP contribution >= 0.6 is 0 Å². The molecule has 104 valence electrons. The van der Waals surface area contributed by atoms with Gasteiger partial charge < -0.3 is 9.64 Å². The normalized spacial score (nSPS) is 18.8. The molecule has 0 spiro atoms. The van der Waals surface area contributed by atoms with E-state index in [1.165, 1.54) is 13.5 Å². The maximum Gasteiger partial charge on any atom is 0.338 e. The van der Waals surface area contributed by atoms with Gasteiger partial charge in [0.05, 0.1) is 12.7 Å². The van der Waals surface area contributed by atoms with Crippen molar-refractivity contribution in [2.24, 2.45) is 5.41 Å². The first kappa shape index (κ1) is 13.8. The molecule has 1 fully saturated rings. The first-order chi connectivity index (χ1) is 9.02. The van der Waals surface area contributed by atoms with Gasteiger partial charge in [0.2, 0.25) is 0 Å². The van der Waals surface area contributed by atoms with E-state index in [1.54, 1.807) is 12.3 Å². The van der Waals surface area contributed by atoms with Crippen LogP contribution in [0.25, 0.3) is 0 Å². The molecule has 0 N–H and O–H groups in total. The number of nitrogens with zero attached hydrogens (tertiary/aromatic N) is 2. The Hall–Kier alpha value is -1.58. The van der Waals surface area contributed by atoms with Gasteiger partial charge in [0.1, 0.15) is 5.82 Å². The van der Waals surface area contributed by atoms with E-state index in [-0.39, 0.29) is 5.97 Å². The number of aromatic nitrogens is 1. The second kappa shape index (κ2) is 5.59. The van der Waals surface area contributed by atoms with Gasteiger partial charge >= 0.3 is 5.97 Å². The van der Waals surface area contributed by atoms with Crippen molar-refractivity contribution in [2.45, 2.75) is 33.1 Å². The number of rotatable bonds is 2. The number of hydrogen-bond donors (Lipinski definition) is 0. The molecule has 0 unspecified atom stereocenters. The van der Waals surface area contributed by atoms with E-state index in [0.717, 1.165) is 31.7 Å². The highest BCUT2D eigenvalue weighted by Gasteiger charge is 2.23. The summed E-state index contributed by atoms with van der Waals surface area (Å²) in [4.78, 5) is 18.2. The van der Waals surface area contributed by atoms with E-state index in [9.17, 15) is 4.79 Å². The van der Waals surface area contributed by atoms with Crippen LogP contribution in [0.1, 0.15) is 43.5 Å². The first-order valence-corrected chi connectivity index (χ1v) is 6.81. The Morgan fingerprint density at radius 2 is 2.16 bits per heavy atom. The van der Waals surface area contributed by atoms with Gasteiger partial charge in [-0.15, -0.1) is 0 Å². The van der Waals surface area contributed by atoms with E-state index in [0.29, 0.717) is 11.0 Å². The number of anilines is 1. The third-order valence-electron chi connectivity index (χ3n) is 3.83. The average molecular weight is 262 g/mol. The number of carbonyl (C=O) groups excluding carboxylic acids is 1. The number of esters is 1. The van der Waals surface area contributed by atoms with E-state index in [4.69, 9.17) is 4.74 Å². The van der Waals surface area contributed by atoms with Crippen LogP contribution in [0.5, 0.6) is 0 Å². The highest BCUT2D eigenvalue weighted by molar-refractivity contribution is 5.90. The molecule has 2 heterocycles. The molecule has 0 aliphatic carbocycles. The van der Waals surface area contributed by atoms with Crippen molar-refractivity contribution in [3.8, 4) is 0 Å². The molecule has 19 heavy (non-hydrogen) atoms. The van der Waals surface area contributed by atoms with Crippen molar-refractivity contribution in [3.05, 3.63) is 23.9 Å². The molecule has 1 aliphatic heterocycles. The minimum atomic E-state index is -0.307. The fourth-order valence-corrected chi connectivity index (χ4v) is 2.49. The zero-order valence-electron chi connectivity index (χ0n) is 12.0. The zero-order valence-corrected chi connectivity index (χ0v) is 12.0. The second-order valence-corrected chi connectivity index (χ2v) is 5.90. The summed E-state index contributed by atoms with van der Waals surface area (Å²) >= 11 is 0. The summed E-state index contributed by atoms with van der Waals surface area (Å²) in [6, 6.07) is 3.52. The van der Waals surface area contributed by atoms with Gasteiger partial charge in [0.25, 0.3) is 0 Å². The lowest BCUT2D eigenvalue weighted by Gasteiger charge is -2.24. The first-order valence-electron chi connectivity index (χ1n) is 6.81. The predicted octanol–water partition coefficient (Wildman–Crippen LogP) is 2.88. The third-order valence-corrected chi connectivity index (χ3v) is 3.83. The molecule has 0 saturated carbocycles. The Labute approximate surface area is 114 Å². The molecule has 1 aromatic rings. The summed E-state index contributed by atoms with van der Waals surface area (Å²) in [5, 5.41) is 0. The molecule has 0 radical (unpaired) electrons. The molecule has 2 rings (SSSR count). The van der Waals surface area contributed by atoms with Gasteiger partial charge in [-0.3, -0.25) is 0 Å². The topological polar surface area (TPSA) is 42.4 Å². The molecule has 1 aromatic heterocycles. The van der Waals surface area contributed by atoms with Crippen molar-refractivity contribution in [1.29, 1.82) is 0 Å². The largest absolute Gasteiger partial charge is 0.465 e. The summed E-state index contributed by atoms with van der Waals surface area (Å²) in [5.41, 5.74) is 0.963. The summed E-state index contributed by atoms with van der Waals surface area (Å²) < 4.78 is 4.75. The third kappa shape index (κ3) is 3.46. The van der Waals surface area contributed by atoms with Gasteiger partial charge in [-0.05, 0) is 36.8 Å². The van der Waals surface area contributed by atoms with Crippen molar-refractivity contribution in [1.82, 2.24) is 4.98 Å². The average Bonchev–Trinajstić information content (AvgIpc) is 2.59. The van der Waals surface area contributed by atoms with Crippen LogP contribution in [0.15, 0.2) is 18.3 Å². The summed E-state index contributed by atoms with van der Waals surface area (Å²) in [6.45, 7) is 6.62. The van der Waals surface area contributed by atoms with Crippen LogP contribution in [-0.4, -0.2) is 31.2 Å². The predicted molar refractivity (Wildman–Crippen MR) is 75.4 cm³/mol. The molecular formula is C15H22N2O2. The highest BCUT2D eigenvalue weighted by Crippen LogP contribution is 2.31. The Balaban J connectivity index is 2.15. The molecule has 0 amide bonds. The standard InChI is InChI=1S/C15H22N2O2/c1-15(2)6-4-9-17(10-7-15)13-11-12(5-8-16-13)14(18)19-3/h5,8,11H,4,6-7,9-10H2,1-3H3. The Kier molecular flexibility index (Phi) is 4.08. The Morgan fingerprint density at radius 3 is 2.89 bits per heavy atom. The molecule has 0 aromatic carbocycles. The molecule has 0 atom stereocenters. The highest BCUT2D eigenvalue weighted by atomic mass is 16.5. The fourth-order valence-electron chi connectivity index (χ4n) is 2.49. The van der Waals surface area contributed by atoms with Gasteiger partial charge in [-0.25, -0.2) is 9.78 Å². The molecule has 4 heteroatoms. The summed E-state index contributed by atoms with van der Waals surface area (Å²) in [5.74, 6) is 0.569. The number of carbonyl (C=O) groups is 1. The maximum absolute atomic E-state index is 11.6. The van der Waals surface area contributed by atoms with E-state index < -0.39 is 0 Å². The molecule has 0 bridgehead atoms. The van der Waals surface area contributed by atoms with Crippen LogP contribution in [0.4, 0.5) is 5.82 Å². The van der Waals surface area contributed by atoms with Crippen molar-refractivity contribution >= 4 is 11.8 Å². The minimum absolute atomic E-state index is 0.307. The van der Waals surface area contributed by atoms with Crippen LogP contribution < -0.4 is 4.90 Å². The molecule has 1 saturated heterocycles. The van der Waals surface area contributed by atoms with E-state index >= 15 is 0 Å². The van der Waals surface area contributed by atoms with Gasteiger partial charge in [-0.2, -0.15) is 0 Å². The molecule has 4 nitrogen and oxygen atoms in total. The Bertz CT molecular complexity index is 457. The van der Waals surface area contributed by atoms with Crippen LogP contribution in [0.2, 0.25) is 0 Å². The fraction of sp³-hybridized carbons (Fsp3) is 0.600. The van der Waals surface area contributed by atoms with Crippen LogP contribution in [-0.2, 0) is 4.74 Å². The monoisotopic (exact) mass is 262 g/mol. The zero-order chi connectivity index (χ0) is 13.9. The lowest BCUT2D eigenvalue weighted by Crippen LogP contribution is -2.26. The maximum atomic E-state index is 11.6. The summed E-state index contributed by atoms with van der Waals surface area (Å²) in [6.07, 6.45) is 5.23. The van der Waals surface area contributed by atoms with Crippen molar-refractivity contribution in [3.63, 3.8) is 0 Å². The smallest absolute Gasteiger partial charge is 0.338 e. The number of methoxy groups -OCH3 is 1. The van der Waals surface area contributed by atoms with Crippen molar-refractivity contribution in [2.75, 3.05) is 25.1 Å². The van der Waals surface area contributed by atoms with E-state index in [1.807, 2.05) is 6.07 Å². The van der Waals surface area contributed by atoms with E-state index in [2.05, 4.69) is 23.7 Å². The minimum Gasteiger partial charge on any atom is -0.465 e. The SMILES string of the molecule is COC(=O)c1ccnc(N2CCCC(C)(C)CC2)c1.